The highest BCUT2D eigenvalue weighted by atomic mass is 32.1. The summed E-state index contributed by atoms with van der Waals surface area (Å²) in [7, 11) is 0. The first-order valence-corrected chi connectivity index (χ1v) is 8.14. The lowest BCUT2D eigenvalue weighted by Gasteiger charge is -2.35. The molecular weight excluding hydrogens is 282 g/mol. The second kappa shape index (κ2) is 5.95. The van der Waals surface area contributed by atoms with Gasteiger partial charge in [-0.05, 0) is 42.0 Å². The van der Waals surface area contributed by atoms with Crippen molar-refractivity contribution in [1.82, 2.24) is 9.88 Å². The van der Waals surface area contributed by atoms with Gasteiger partial charge >= 0.3 is 0 Å². The molecular formula is C16H19N3OS. The van der Waals surface area contributed by atoms with Crippen LogP contribution < -0.4 is 5.73 Å². The van der Waals surface area contributed by atoms with Gasteiger partial charge in [-0.15, -0.1) is 11.3 Å². The van der Waals surface area contributed by atoms with Crippen LogP contribution in [0.4, 0.5) is 0 Å². The molecule has 1 unspecified atom stereocenters. The molecule has 0 saturated carbocycles. The quantitative estimate of drug-likeness (QED) is 0.948. The van der Waals surface area contributed by atoms with Crippen molar-refractivity contribution in [3.05, 3.63) is 51.5 Å². The van der Waals surface area contributed by atoms with Gasteiger partial charge in [0.25, 0.3) is 5.91 Å². The molecule has 0 aromatic carbocycles. The monoisotopic (exact) mass is 301 g/mol. The zero-order chi connectivity index (χ0) is 14.8. The molecule has 5 heteroatoms. The molecule has 3 rings (SSSR count). The van der Waals surface area contributed by atoms with Crippen molar-refractivity contribution in [2.45, 2.75) is 32.4 Å². The molecule has 1 atom stereocenters. The van der Waals surface area contributed by atoms with E-state index in [0.29, 0.717) is 12.1 Å². The molecule has 0 radical (unpaired) electrons. The van der Waals surface area contributed by atoms with Crippen molar-refractivity contribution in [2.75, 3.05) is 6.54 Å². The molecule has 2 aromatic heterocycles. The summed E-state index contributed by atoms with van der Waals surface area (Å²) in [4.78, 5) is 20.4. The molecule has 0 aliphatic carbocycles. The number of pyridine rings is 1. The Balaban J connectivity index is 1.90. The third-order valence-electron chi connectivity index (χ3n) is 4.02. The van der Waals surface area contributed by atoms with Crippen molar-refractivity contribution in [1.29, 1.82) is 0 Å². The Morgan fingerprint density at radius 2 is 2.38 bits per heavy atom. The average molecular weight is 301 g/mol. The van der Waals surface area contributed by atoms with Crippen molar-refractivity contribution >= 4 is 17.2 Å². The molecule has 0 spiro atoms. The van der Waals surface area contributed by atoms with Crippen molar-refractivity contribution in [3.8, 4) is 0 Å². The molecule has 21 heavy (non-hydrogen) atoms. The Labute approximate surface area is 128 Å². The molecule has 1 aliphatic rings. The third-order valence-corrected chi connectivity index (χ3v) is 5.01. The third kappa shape index (κ3) is 2.59. The molecule has 3 heterocycles. The zero-order valence-electron chi connectivity index (χ0n) is 12.1. The maximum absolute atomic E-state index is 12.8. The SMILES string of the molecule is CCC1c2ccsc2CCN1C(=O)c1ccnc(CN)c1. The van der Waals surface area contributed by atoms with Crippen LogP contribution in [0.3, 0.4) is 0 Å². The first-order valence-electron chi connectivity index (χ1n) is 7.26. The average Bonchev–Trinajstić information content (AvgIpc) is 3.01. The van der Waals surface area contributed by atoms with Gasteiger partial charge < -0.3 is 10.6 Å². The number of thiophene rings is 1. The van der Waals surface area contributed by atoms with Crippen LogP contribution in [-0.2, 0) is 13.0 Å². The zero-order valence-corrected chi connectivity index (χ0v) is 12.9. The van der Waals surface area contributed by atoms with Crippen LogP contribution in [0.15, 0.2) is 29.8 Å². The number of carbonyl (C=O) groups is 1. The van der Waals surface area contributed by atoms with E-state index in [1.54, 1.807) is 29.7 Å². The number of hydrogen-bond donors (Lipinski definition) is 1. The highest BCUT2D eigenvalue weighted by molar-refractivity contribution is 7.10. The molecule has 2 N–H and O–H groups in total. The maximum atomic E-state index is 12.8. The van der Waals surface area contributed by atoms with E-state index >= 15 is 0 Å². The van der Waals surface area contributed by atoms with Gasteiger partial charge in [-0.3, -0.25) is 9.78 Å². The Morgan fingerprint density at radius 3 is 3.14 bits per heavy atom. The molecule has 2 aromatic rings. The largest absolute Gasteiger partial charge is 0.331 e. The smallest absolute Gasteiger partial charge is 0.254 e. The minimum atomic E-state index is 0.0794. The normalized spacial score (nSPS) is 17.6. The summed E-state index contributed by atoms with van der Waals surface area (Å²) in [6.45, 7) is 3.27. The fourth-order valence-corrected chi connectivity index (χ4v) is 3.90. The number of amides is 1. The summed E-state index contributed by atoms with van der Waals surface area (Å²) in [6, 6.07) is 5.92. The summed E-state index contributed by atoms with van der Waals surface area (Å²) in [5.74, 6) is 0.0794. The molecule has 0 saturated heterocycles. The summed E-state index contributed by atoms with van der Waals surface area (Å²) in [5, 5.41) is 2.13. The number of carbonyl (C=O) groups excluding carboxylic acids is 1. The van der Waals surface area contributed by atoms with Crippen LogP contribution >= 0.6 is 11.3 Å². The van der Waals surface area contributed by atoms with Gasteiger partial charge in [0.2, 0.25) is 0 Å². The number of aromatic nitrogens is 1. The minimum absolute atomic E-state index is 0.0794. The number of nitrogens with two attached hydrogens (primary N) is 1. The van der Waals surface area contributed by atoms with Crippen LogP contribution in [0.1, 0.15) is 45.9 Å². The summed E-state index contributed by atoms with van der Waals surface area (Å²) >= 11 is 1.80. The Kier molecular flexibility index (Phi) is 4.03. The molecule has 0 fully saturated rings. The van der Waals surface area contributed by atoms with Crippen LogP contribution in [0.5, 0.6) is 0 Å². The van der Waals surface area contributed by atoms with E-state index in [1.807, 2.05) is 4.90 Å². The number of fused-ring (bicyclic) bond motifs is 1. The van der Waals surface area contributed by atoms with Crippen LogP contribution in [0.2, 0.25) is 0 Å². The maximum Gasteiger partial charge on any atom is 0.254 e. The van der Waals surface area contributed by atoms with Gasteiger partial charge in [-0.25, -0.2) is 0 Å². The molecule has 110 valence electrons. The topological polar surface area (TPSA) is 59.2 Å². The first-order chi connectivity index (χ1) is 10.2. The van der Waals surface area contributed by atoms with Gasteiger partial charge in [0, 0.05) is 29.7 Å². The molecule has 1 aliphatic heterocycles. The van der Waals surface area contributed by atoms with Gasteiger partial charge in [-0.2, -0.15) is 0 Å². The Morgan fingerprint density at radius 1 is 1.52 bits per heavy atom. The second-order valence-corrected chi connectivity index (χ2v) is 6.21. The van der Waals surface area contributed by atoms with E-state index < -0.39 is 0 Å². The molecule has 1 amide bonds. The number of hydrogen-bond acceptors (Lipinski definition) is 4. The second-order valence-electron chi connectivity index (χ2n) is 5.21. The summed E-state index contributed by atoms with van der Waals surface area (Å²) < 4.78 is 0. The number of rotatable bonds is 3. The van der Waals surface area contributed by atoms with E-state index in [1.165, 1.54) is 10.4 Å². The lowest BCUT2D eigenvalue weighted by Crippen LogP contribution is -2.39. The summed E-state index contributed by atoms with van der Waals surface area (Å²) in [5.41, 5.74) is 8.36. The van der Waals surface area contributed by atoms with Crippen molar-refractivity contribution < 1.29 is 4.79 Å². The van der Waals surface area contributed by atoms with Crippen LogP contribution in [0.25, 0.3) is 0 Å². The van der Waals surface area contributed by atoms with E-state index in [0.717, 1.165) is 25.1 Å². The van der Waals surface area contributed by atoms with Gasteiger partial charge in [-0.1, -0.05) is 6.92 Å². The standard InChI is InChI=1S/C16H19N3OS/c1-2-14-13-5-8-21-15(13)4-7-19(14)16(20)11-3-6-18-12(9-11)10-17/h3,5-6,8-9,14H,2,4,7,10,17H2,1H3. The number of nitrogens with zero attached hydrogens (tertiary/aromatic N) is 2. The van der Waals surface area contributed by atoms with Crippen LogP contribution in [-0.4, -0.2) is 22.3 Å². The predicted molar refractivity (Wildman–Crippen MR) is 84.2 cm³/mol. The van der Waals surface area contributed by atoms with E-state index in [2.05, 4.69) is 23.4 Å². The van der Waals surface area contributed by atoms with E-state index in [9.17, 15) is 4.79 Å². The van der Waals surface area contributed by atoms with Crippen molar-refractivity contribution in [2.24, 2.45) is 5.73 Å². The van der Waals surface area contributed by atoms with Gasteiger partial charge in [0.1, 0.15) is 0 Å². The van der Waals surface area contributed by atoms with E-state index in [4.69, 9.17) is 5.73 Å². The van der Waals surface area contributed by atoms with Crippen LogP contribution in [0, 0.1) is 0 Å². The minimum Gasteiger partial charge on any atom is -0.331 e. The lowest BCUT2D eigenvalue weighted by atomic mass is 9.97. The molecule has 4 nitrogen and oxygen atoms in total. The predicted octanol–water partition coefficient (Wildman–Crippen LogP) is 2.75. The van der Waals surface area contributed by atoms with Crippen molar-refractivity contribution in [3.63, 3.8) is 0 Å². The highest BCUT2D eigenvalue weighted by Crippen LogP contribution is 2.35. The Hall–Kier alpha value is -1.72. The molecule has 0 bridgehead atoms. The highest BCUT2D eigenvalue weighted by Gasteiger charge is 2.30. The Bertz CT molecular complexity index is 652. The first kappa shape index (κ1) is 14.2. The van der Waals surface area contributed by atoms with E-state index in [-0.39, 0.29) is 11.9 Å². The van der Waals surface area contributed by atoms with Gasteiger partial charge in [0.15, 0.2) is 0 Å². The lowest BCUT2D eigenvalue weighted by molar-refractivity contribution is 0.0657. The van der Waals surface area contributed by atoms with Gasteiger partial charge in [0.05, 0.1) is 11.7 Å². The summed E-state index contributed by atoms with van der Waals surface area (Å²) in [6.07, 6.45) is 3.55. The fraction of sp³-hybridized carbons (Fsp3) is 0.375. The fourth-order valence-electron chi connectivity index (χ4n) is 2.97.